The van der Waals surface area contributed by atoms with E-state index in [1.165, 1.54) is 11.3 Å². The van der Waals surface area contributed by atoms with Crippen LogP contribution >= 0.6 is 0 Å². The van der Waals surface area contributed by atoms with Crippen LogP contribution in [0.5, 0.6) is 0 Å². The molecule has 7 nitrogen and oxygen atoms in total. The minimum Gasteiger partial charge on any atom is -0.378 e. The molecule has 0 fully saturated rings. The minimum atomic E-state index is -0.0663. The number of anilines is 2. The van der Waals surface area contributed by atoms with Gasteiger partial charge in [0.05, 0.1) is 11.3 Å². The zero-order valence-corrected chi connectivity index (χ0v) is 19.5. The number of aromatic nitrogens is 2. The van der Waals surface area contributed by atoms with Crippen molar-refractivity contribution < 1.29 is 4.79 Å². The first-order valence-corrected chi connectivity index (χ1v) is 10.7. The monoisotopic (exact) mass is 422 g/mol. The summed E-state index contributed by atoms with van der Waals surface area (Å²) in [6.45, 7) is 4.29. The van der Waals surface area contributed by atoms with Crippen LogP contribution in [0.15, 0.2) is 42.6 Å². The molecule has 7 heteroatoms. The van der Waals surface area contributed by atoms with E-state index in [1.807, 2.05) is 55.8 Å². The molecule has 3 rings (SSSR count). The molecule has 3 aromatic rings. The maximum absolute atomic E-state index is 12.6. The number of fused-ring (bicyclic) bond motifs is 1. The number of nitrogens with zero attached hydrogens (tertiary/aromatic N) is 5. The number of rotatable bonds is 9. The summed E-state index contributed by atoms with van der Waals surface area (Å²) in [4.78, 5) is 23.8. The summed E-state index contributed by atoms with van der Waals surface area (Å²) < 4.78 is 2.04. The van der Waals surface area contributed by atoms with E-state index in [9.17, 15) is 4.79 Å². The van der Waals surface area contributed by atoms with Crippen LogP contribution in [0.1, 0.15) is 28.5 Å². The largest absolute Gasteiger partial charge is 0.378 e. The van der Waals surface area contributed by atoms with Gasteiger partial charge in [-0.05, 0) is 50.3 Å². The zero-order chi connectivity index (χ0) is 22.5. The fourth-order valence-electron chi connectivity index (χ4n) is 3.60. The standard InChI is InChI=1S/C24H34N6O/c1-7-21-24(29(6)16-18-8-11-20(12-9-18)28(4)5)30-17-19(10-13-22(30)26-21)23(31)25-14-15-27(2)3/h8-13,17H,7,14-16H2,1-6H3,(H,25,31). The maximum Gasteiger partial charge on any atom is 0.252 e. The van der Waals surface area contributed by atoms with Crippen LogP contribution in [0.25, 0.3) is 5.65 Å². The van der Waals surface area contributed by atoms with Gasteiger partial charge in [0.1, 0.15) is 11.5 Å². The Morgan fingerprint density at radius 1 is 1.03 bits per heavy atom. The molecule has 2 heterocycles. The van der Waals surface area contributed by atoms with Crippen molar-refractivity contribution in [3.63, 3.8) is 0 Å². The van der Waals surface area contributed by atoms with Gasteiger partial charge in [0.2, 0.25) is 0 Å². The van der Waals surface area contributed by atoms with Crippen LogP contribution in [0.4, 0.5) is 11.5 Å². The molecule has 0 unspecified atom stereocenters. The van der Waals surface area contributed by atoms with Gasteiger partial charge in [-0.3, -0.25) is 9.20 Å². The van der Waals surface area contributed by atoms with Gasteiger partial charge >= 0.3 is 0 Å². The molecule has 2 aromatic heterocycles. The Morgan fingerprint density at radius 3 is 2.35 bits per heavy atom. The lowest BCUT2D eigenvalue weighted by molar-refractivity contribution is 0.0950. The highest BCUT2D eigenvalue weighted by Gasteiger charge is 2.17. The van der Waals surface area contributed by atoms with E-state index in [0.29, 0.717) is 12.1 Å². The first-order valence-electron chi connectivity index (χ1n) is 10.7. The van der Waals surface area contributed by atoms with Crippen molar-refractivity contribution in [3.05, 3.63) is 59.4 Å². The van der Waals surface area contributed by atoms with E-state index in [4.69, 9.17) is 4.98 Å². The SMILES string of the molecule is CCc1nc2ccc(C(=O)NCCN(C)C)cn2c1N(C)Cc1ccc(N(C)C)cc1. The first-order chi connectivity index (χ1) is 14.8. The Balaban J connectivity index is 1.86. The molecule has 1 aromatic carbocycles. The molecule has 0 aliphatic carbocycles. The third-order valence-electron chi connectivity index (χ3n) is 5.34. The Hall–Kier alpha value is -3.06. The van der Waals surface area contributed by atoms with Crippen molar-refractivity contribution in [2.75, 3.05) is 58.1 Å². The summed E-state index contributed by atoms with van der Waals surface area (Å²) in [5, 5.41) is 2.99. The third kappa shape index (κ3) is 5.35. The van der Waals surface area contributed by atoms with Crippen molar-refractivity contribution in [1.82, 2.24) is 19.6 Å². The van der Waals surface area contributed by atoms with Crippen LogP contribution in [0.3, 0.4) is 0 Å². The van der Waals surface area contributed by atoms with Crippen LogP contribution in [0.2, 0.25) is 0 Å². The molecular weight excluding hydrogens is 388 g/mol. The number of likely N-dealkylation sites (N-methyl/N-ethyl adjacent to an activating group) is 1. The van der Waals surface area contributed by atoms with Crippen molar-refractivity contribution in [2.24, 2.45) is 0 Å². The molecule has 0 aliphatic heterocycles. The summed E-state index contributed by atoms with van der Waals surface area (Å²) in [6.07, 6.45) is 2.72. The number of hydrogen-bond donors (Lipinski definition) is 1. The van der Waals surface area contributed by atoms with E-state index in [-0.39, 0.29) is 5.91 Å². The molecule has 0 radical (unpaired) electrons. The Labute approximate surface area is 185 Å². The van der Waals surface area contributed by atoms with Gasteiger partial charge in [-0.15, -0.1) is 0 Å². The lowest BCUT2D eigenvalue weighted by atomic mass is 10.2. The summed E-state index contributed by atoms with van der Waals surface area (Å²) in [6, 6.07) is 12.3. The second kappa shape index (κ2) is 9.83. The van der Waals surface area contributed by atoms with Gasteiger partial charge < -0.3 is 20.0 Å². The molecule has 0 bridgehead atoms. The maximum atomic E-state index is 12.6. The highest BCUT2D eigenvalue weighted by molar-refractivity contribution is 5.94. The van der Waals surface area contributed by atoms with E-state index in [1.54, 1.807) is 0 Å². The number of nitrogens with one attached hydrogen (secondary N) is 1. The van der Waals surface area contributed by atoms with E-state index in [2.05, 4.69) is 53.4 Å². The fourth-order valence-corrected chi connectivity index (χ4v) is 3.60. The molecule has 0 saturated carbocycles. The molecule has 31 heavy (non-hydrogen) atoms. The fraction of sp³-hybridized carbons (Fsp3) is 0.417. The topological polar surface area (TPSA) is 56.1 Å². The number of carbonyl (C=O) groups is 1. The molecule has 166 valence electrons. The molecule has 1 amide bonds. The van der Waals surface area contributed by atoms with Crippen molar-refractivity contribution >= 4 is 23.1 Å². The zero-order valence-electron chi connectivity index (χ0n) is 19.5. The molecular formula is C24H34N6O. The van der Waals surface area contributed by atoms with E-state index in [0.717, 1.165) is 36.7 Å². The van der Waals surface area contributed by atoms with Crippen molar-refractivity contribution in [1.29, 1.82) is 0 Å². The minimum absolute atomic E-state index is 0.0663. The lowest BCUT2D eigenvalue weighted by Crippen LogP contribution is -2.31. The average Bonchev–Trinajstić information content (AvgIpc) is 3.11. The highest BCUT2D eigenvalue weighted by atomic mass is 16.1. The quantitative estimate of drug-likeness (QED) is 0.575. The normalized spacial score (nSPS) is 11.2. The predicted molar refractivity (Wildman–Crippen MR) is 128 cm³/mol. The van der Waals surface area contributed by atoms with E-state index >= 15 is 0 Å². The van der Waals surface area contributed by atoms with Gasteiger partial charge in [-0.25, -0.2) is 4.98 Å². The first kappa shape index (κ1) is 22.6. The number of benzene rings is 1. The Morgan fingerprint density at radius 2 is 1.74 bits per heavy atom. The molecule has 0 spiro atoms. The van der Waals surface area contributed by atoms with Crippen molar-refractivity contribution in [3.8, 4) is 0 Å². The predicted octanol–water partition coefficient (Wildman–Crippen LogP) is 2.89. The Kier molecular flexibility index (Phi) is 7.17. The smallest absolute Gasteiger partial charge is 0.252 e. The second-order valence-electron chi connectivity index (χ2n) is 8.36. The van der Waals surface area contributed by atoms with Gasteiger partial charge in [0, 0.05) is 52.7 Å². The van der Waals surface area contributed by atoms with Crippen LogP contribution in [0, 0.1) is 0 Å². The van der Waals surface area contributed by atoms with Gasteiger partial charge in [-0.1, -0.05) is 19.1 Å². The number of imidazole rings is 1. The lowest BCUT2D eigenvalue weighted by Gasteiger charge is -2.21. The van der Waals surface area contributed by atoms with Crippen molar-refractivity contribution in [2.45, 2.75) is 19.9 Å². The van der Waals surface area contributed by atoms with Gasteiger partial charge in [-0.2, -0.15) is 0 Å². The van der Waals surface area contributed by atoms with Crippen LogP contribution < -0.4 is 15.1 Å². The molecule has 1 N–H and O–H groups in total. The van der Waals surface area contributed by atoms with Gasteiger partial charge in [0.25, 0.3) is 5.91 Å². The Bertz CT molecular complexity index is 1020. The number of amides is 1. The highest BCUT2D eigenvalue weighted by Crippen LogP contribution is 2.25. The molecule has 0 saturated heterocycles. The summed E-state index contributed by atoms with van der Waals surface area (Å²) in [5.74, 6) is 0.959. The number of hydrogen-bond acceptors (Lipinski definition) is 5. The molecule has 0 atom stereocenters. The summed E-state index contributed by atoms with van der Waals surface area (Å²) in [5.41, 5.74) is 4.92. The number of carbonyl (C=O) groups excluding carboxylic acids is 1. The summed E-state index contributed by atoms with van der Waals surface area (Å²) >= 11 is 0. The van der Waals surface area contributed by atoms with Gasteiger partial charge in [0.15, 0.2) is 0 Å². The number of pyridine rings is 1. The second-order valence-corrected chi connectivity index (χ2v) is 8.36. The average molecular weight is 423 g/mol. The molecule has 0 aliphatic rings. The summed E-state index contributed by atoms with van der Waals surface area (Å²) in [7, 11) is 10.1. The van der Waals surface area contributed by atoms with Crippen LogP contribution in [-0.2, 0) is 13.0 Å². The number of aryl methyl sites for hydroxylation is 1. The van der Waals surface area contributed by atoms with E-state index < -0.39 is 0 Å². The third-order valence-corrected chi connectivity index (χ3v) is 5.34. The van der Waals surface area contributed by atoms with Crippen LogP contribution in [-0.4, -0.2) is 68.5 Å².